The molecule has 2 heterocycles. The van der Waals surface area contributed by atoms with Gasteiger partial charge in [-0.15, -0.1) is 0 Å². The average Bonchev–Trinajstić information content (AvgIpc) is 2.71. The zero-order valence-electron chi connectivity index (χ0n) is 7.36. The van der Waals surface area contributed by atoms with Crippen molar-refractivity contribution in [2.75, 3.05) is 5.32 Å². The number of aromatic nitrogens is 4. The van der Waals surface area contributed by atoms with Crippen LogP contribution in [0.1, 0.15) is 5.56 Å². The molecule has 0 aliphatic carbocycles. The van der Waals surface area contributed by atoms with E-state index < -0.39 is 0 Å². The SMILES string of the molecule is Cn1cc(CNc2cn[nH]c2)cn1. The van der Waals surface area contributed by atoms with E-state index >= 15 is 0 Å². The van der Waals surface area contributed by atoms with E-state index in [1.54, 1.807) is 10.9 Å². The van der Waals surface area contributed by atoms with Gasteiger partial charge < -0.3 is 5.32 Å². The van der Waals surface area contributed by atoms with Gasteiger partial charge in [0.2, 0.25) is 0 Å². The van der Waals surface area contributed by atoms with Crippen LogP contribution in [0.4, 0.5) is 5.69 Å². The molecule has 0 spiro atoms. The molecular weight excluding hydrogens is 166 g/mol. The summed E-state index contributed by atoms with van der Waals surface area (Å²) >= 11 is 0. The number of nitrogens with zero attached hydrogens (tertiary/aromatic N) is 3. The van der Waals surface area contributed by atoms with E-state index in [0.29, 0.717) is 0 Å². The molecule has 0 saturated heterocycles. The molecule has 5 heteroatoms. The van der Waals surface area contributed by atoms with Crippen LogP contribution >= 0.6 is 0 Å². The predicted molar refractivity (Wildman–Crippen MR) is 49.1 cm³/mol. The van der Waals surface area contributed by atoms with Crippen LogP contribution in [0.15, 0.2) is 24.8 Å². The quantitative estimate of drug-likeness (QED) is 0.727. The maximum atomic E-state index is 4.07. The molecule has 0 atom stereocenters. The molecule has 5 nitrogen and oxygen atoms in total. The molecular formula is C8H11N5. The van der Waals surface area contributed by atoms with Crippen LogP contribution in [-0.4, -0.2) is 20.0 Å². The lowest BCUT2D eigenvalue weighted by Gasteiger charge is -1.98. The van der Waals surface area contributed by atoms with Crippen LogP contribution in [0, 0.1) is 0 Å². The summed E-state index contributed by atoms with van der Waals surface area (Å²) in [7, 11) is 1.90. The van der Waals surface area contributed by atoms with Crippen molar-refractivity contribution in [1.82, 2.24) is 20.0 Å². The van der Waals surface area contributed by atoms with Crippen LogP contribution in [0.3, 0.4) is 0 Å². The van der Waals surface area contributed by atoms with E-state index in [-0.39, 0.29) is 0 Å². The highest BCUT2D eigenvalue weighted by molar-refractivity contribution is 5.38. The lowest BCUT2D eigenvalue weighted by atomic mass is 10.3. The predicted octanol–water partition coefficient (Wildman–Crippen LogP) is 0.755. The summed E-state index contributed by atoms with van der Waals surface area (Å²) in [5.41, 5.74) is 2.15. The largest absolute Gasteiger partial charge is 0.378 e. The van der Waals surface area contributed by atoms with E-state index in [0.717, 1.165) is 17.8 Å². The number of nitrogens with one attached hydrogen (secondary N) is 2. The molecule has 0 aliphatic rings. The summed E-state index contributed by atoms with van der Waals surface area (Å²) in [4.78, 5) is 0. The lowest BCUT2D eigenvalue weighted by Crippen LogP contribution is -1.96. The molecule has 0 unspecified atom stereocenters. The van der Waals surface area contributed by atoms with Gasteiger partial charge in [-0.2, -0.15) is 10.2 Å². The summed E-state index contributed by atoms with van der Waals surface area (Å²) in [6.45, 7) is 0.771. The Kier molecular flexibility index (Phi) is 1.99. The van der Waals surface area contributed by atoms with Gasteiger partial charge in [0.25, 0.3) is 0 Å². The Labute approximate surface area is 75.8 Å². The van der Waals surface area contributed by atoms with Crippen molar-refractivity contribution in [1.29, 1.82) is 0 Å². The zero-order valence-corrected chi connectivity index (χ0v) is 7.36. The van der Waals surface area contributed by atoms with Gasteiger partial charge in [0, 0.05) is 31.5 Å². The Morgan fingerprint density at radius 2 is 2.46 bits per heavy atom. The number of anilines is 1. The van der Waals surface area contributed by atoms with E-state index in [1.165, 1.54) is 0 Å². The van der Waals surface area contributed by atoms with Crippen molar-refractivity contribution in [2.45, 2.75) is 6.54 Å². The van der Waals surface area contributed by atoms with E-state index in [9.17, 15) is 0 Å². The highest BCUT2D eigenvalue weighted by atomic mass is 15.2. The topological polar surface area (TPSA) is 58.5 Å². The van der Waals surface area contributed by atoms with E-state index in [1.807, 2.05) is 25.6 Å². The summed E-state index contributed by atoms with van der Waals surface area (Å²) < 4.78 is 1.78. The second-order valence-electron chi connectivity index (χ2n) is 2.86. The van der Waals surface area contributed by atoms with Gasteiger partial charge in [-0.05, 0) is 0 Å². The first kappa shape index (κ1) is 7.85. The number of aromatic amines is 1. The minimum absolute atomic E-state index is 0.771. The van der Waals surface area contributed by atoms with E-state index in [4.69, 9.17) is 0 Å². The minimum Gasteiger partial charge on any atom is -0.378 e. The van der Waals surface area contributed by atoms with Gasteiger partial charge in [-0.3, -0.25) is 9.78 Å². The smallest absolute Gasteiger partial charge is 0.0726 e. The molecule has 0 radical (unpaired) electrons. The summed E-state index contributed by atoms with van der Waals surface area (Å²) in [5, 5.41) is 13.8. The summed E-state index contributed by atoms with van der Waals surface area (Å²) in [6, 6.07) is 0. The maximum Gasteiger partial charge on any atom is 0.0726 e. The number of aryl methyl sites for hydroxylation is 1. The fraction of sp³-hybridized carbons (Fsp3) is 0.250. The third-order valence-electron chi connectivity index (χ3n) is 1.75. The van der Waals surface area contributed by atoms with Crippen molar-refractivity contribution in [3.05, 3.63) is 30.4 Å². The van der Waals surface area contributed by atoms with Gasteiger partial charge in [-0.1, -0.05) is 0 Å². The molecule has 0 fully saturated rings. The number of hydrogen-bond acceptors (Lipinski definition) is 3. The maximum absolute atomic E-state index is 4.07. The van der Waals surface area contributed by atoms with Gasteiger partial charge in [-0.25, -0.2) is 0 Å². The number of H-pyrrole nitrogens is 1. The van der Waals surface area contributed by atoms with Crippen LogP contribution in [0.2, 0.25) is 0 Å². The molecule has 2 N–H and O–H groups in total. The Balaban J connectivity index is 1.93. The lowest BCUT2D eigenvalue weighted by molar-refractivity contribution is 0.767. The fourth-order valence-corrected chi connectivity index (χ4v) is 1.11. The Morgan fingerprint density at radius 1 is 1.54 bits per heavy atom. The monoisotopic (exact) mass is 177 g/mol. The van der Waals surface area contributed by atoms with Crippen LogP contribution in [0.5, 0.6) is 0 Å². The Bertz CT molecular complexity index is 362. The van der Waals surface area contributed by atoms with Crippen LogP contribution < -0.4 is 5.32 Å². The first-order chi connectivity index (χ1) is 6.34. The Hall–Kier alpha value is -1.78. The molecule has 2 rings (SSSR count). The fourth-order valence-electron chi connectivity index (χ4n) is 1.11. The molecule has 0 amide bonds. The second-order valence-corrected chi connectivity index (χ2v) is 2.86. The Morgan fingerprint density at radius 3 is 3.08 bits per heavy atom. The van der Waals surface area contributed by atoms with Crippen molar-refractivity contribution in [3.63, 3.8) is 0 Å². The van der Waals surface area contributed by atoms with Gasteiger partial charge >= 0.3 is 0 Å². The molecule has 0 bridgehead atoms. The number of hydrogen-bond donors (Lipinski definition) is 2. The standard InChI is InChI=1S/C8H11N5/c1-13-6-7(3-12-13)2-9-8-4-10-11-5-8/h3-6,9H,2H2,1H3,(H,10,11). The van der Waals surface area contributed by atoms with Gasteiger partial charge in [0.1, 0.15) is 0 Å². The third kappa shape index (κ3) is 1.87. The van der Waals surface area contributed by atoms with Crippen molar-refractivity contribution in [2.24, 2.45) is 7.05 Å². The summed E-state index contributed by atoms with van der Waals surface area (Å²) in [5.74, 6) is 0. The van der Waals surface area contributed by atoms with Crippen LogP contribution in [0.25, 0.3) is 0 Å². The molecule has 0 aliphatic heterocycles. The highest BCUT2D eigenvalue weighted by Gasteiger charge is 1.96. The molecule has 13 heavy (non-hydrogen) atoms. The van der Waals surface area contributed by atoms with Crippen molar-refractivity contribution < 1.29 is 0 Å². The average molecular weight is 177 g/mol. The zero-order chi connectivity index (χ0) is 9.10. The normalized spacial score (nSPS) is 10.2. The molecule has 0 aromatic carbocycles. The third-order valence-corrected chi connectivity index (χ3v) is 1.75. The van der Waals surface area contributed by atoms with Gasteiger partial charge in [0.05, 0.1) is 18.1 Å². The molecule has 2 aromatic rings. The van der Waals surface area contributed by atoms with Crippen molar-refractivity contribution >= 4 is 5.69 Å². The minimum atomic E-state index is 0.771. The molecule has 68 valence electrons. The van der Waals surface area contributed by atoms with E-state index in [2.05, 4.69) is 20.6 Å². The molecule has 0 saturated carbocycles. The van der Waals surface area contributed by atoms with Crippen LogP contribution in [-0.2, 0) is 13.6 Å². The first-order valence-corrected chi connectivity index (χ1v) is 4.05. The summed E-state index contributed by atoms with van der Waals surface area (Å²) in [6.07, 6.45) is 7.38. The highest BCUT2D eigenvalue weighted by Crippen LogP contribution is 2.04. The van der Waals surface area contributed by atoms with Gasteiger partial charge in [0.15, 0.2) is 0 Å². The first-order valence-electron chi connectivity index (χ1n) is 4.05. The molecule has 2 aromatic heterocycles. The van der Waals surface area contributed by atoms with Crippen molar-refractivity contribution in [3.8, 4) is 0 Å². The second kappa shape index (κ2) is 3.30. The number of rotatable bonds is 3.